The van der Waals surface area contributed by atoms with Gasteiger partial charge < -0.3 is 9.47 Å². The summed E-state index contributed by atoms with van der Waals surface area (Å²) in [6.07, 6.45) is 8.61. The third-order valence-electron chi connectivity index (χ3n) is 8.22. The SMILES string of the molecule is CC(=O)OC1(C)CCC2C(C)(C)CCCC2(C)C1CCC1(C)OC1CI. The third kappa shape index (κ3) is 3.58. The molecule has 150 valence electrons. The number of rotatable bonds is 5. The van der Waals surface area contributed by atoms with Gasteiger partial charge in [-0.2, -0.15) is 0 Å². The molecule has 3 fully saturated rings. The Balaban J connectivity index is 1.87. The van der Waals surface area contributed by atoms with E-state index in [2.05, 4.69) is 57.2 Å². The van der Waals surface area contributed by atoms with Crippen molar-refractivity contribution >= 4 is 28.6 Å². The molecule has 0 aromatic rings. The van der Waals surface area contributed by atoms with Crippen molar-refractivity contribution in [2.75, 3.05) is 4.43 Å². The van der Waals surface area contributed by atoms with Gasteiger partial charge in [0, 0.05) is 17.3 Å². The van der Waals surface area contributed by atoms with E-state index in [9.17, 15) is 4.79 Å². The van der Waals surface area contributed by atoms with Crippen molar-refractivity contribution in [3.63, 3.8) is 0 Å². The van der Waals surface area contributed by atoms with Crippen LogP contribution in [-0.4, -0.2) is 27.7 Å². The lowest BCUT2D eigenvalue weighted by Gasteiger charge is -2.62. The summed E-state index contributed by atoms with van der Waals surface area (Å²) in [4.78, 5) is 11.9. The fourth-order valence-corrected chi connectivity index (χ4v) is 7.94. The Hall–Kier alpha value is 0.160. The van der Waals surface area contributed by atoms with E-state index in [1.165, 1.54) is 25.7 Å². The summed E-state index contributed by atoms with van der Waals surface area (Å²) in [5.41, 5.74) is 0.324. The second-order valence-electron chi connectivity index (χ2n) is 10.5. The number of esters is 1. The molecule has 6 unspecified atom stereocenters. The van der Waals surface area contributed by atoms with Gasteiger partial charge in [-0.05, 0) is 69.1 Å². The van der Waals surface area contributed by atoms with E-state index < -0.39 is 0 Å². The van der Waals surface area contributed by atoms with Crippen LogP contribution >= 0.6 is 22.6 Å². The molecule has 0 bridgehead atoms. The summed E-state index contributed by atoms with van der Waals surface area (Å²) in [5, 5.41) is 0. The fraction of sp³-hybridized carbons (Fsp3) is 0.955. The van der Waals surface area contributed by atoms with Gasteiger partial charge in [0.1, 0.15) is 5.60 Å². The molecule has 3 aliphatic rings. The number of carbonyl (C=O) groups excluding carboxylic acids is 1. The van der Waals surface area contributed by atoms with Crippen molar-refractivity contribution in [2.45, 2.75) is 104 Å². The molecule has 1 saturated heterocycles. The molecule has 1 aliphatic heterocycles. The van der Waals surface area contributed by atoms with Crippen molar-refractivity contribution in [1.29, 1.82) is 0 Å². The second kappa shape index (κ2) is 6.89. The maximum absolute atomic E-state index is 11.9. The van der Waals surface area contributed by atoms with Gasteiger partial charge in [-0.3, -0.25) is 4.79 Å². The number of epoxide rings is 1. The summed E-state index contributed by atoms with van der Waals surface area (Å²) in [7, 11) is 0. The van der Waals surface area contributed by atoms with Gasteiger partial charge in [0.2, 0.25) is 0 Å². The van der Waals surface area contributed by atoms with Crippen LogP contribution in [0.1, 0.15) is 86.5 Å². The quantitative estimate of drug-likeness (QED) is 0.214. The van der Waals surface area contributed by atoms with Crippen molar-refractivity contribution in [2.24, 2.45) is 22.7 Å². The van der Waals surface area contributed by atoms with Gasteiger partial charge >= 0.3 is 5.97 Å². The lowest BCUT2D eigenvalue weighted by atomic mass is 9.45. The molecular formula is C22H37IO3. The highest BCUT2D eigenvalue weighted by atomic mass is 127. The average Bonchev–Trinajstić information content (AvgIpc) is 3.15. The van der Waals surface area contributed by atoms with Gasteiger partial charge in [0.25, 0.3) is 0 Å². The van der Waals surface area contributed by atoms with Crippen LogP contribution in [0.5, 0.6) is 0 Å². The van der Waals surface area contributed by atoms with Gasteiger partial charge in [0.15, 0.2) is 0 Å². The zero-order chi connectivity index (χ0) is 19.4. The zero-order valence-corrected chi connectivity index (χ0v) is 19.6. The van der Waals surface area contributed by atoms with Crippen LogP contribution in [0.3, 0.4) is 0 Å². The molecule has 0 aromatic heterocycles. The van der Waals surface area contributed by atoms with E-state index in [0.29, 0.717) is 23.4 Å². The molecule has 0 aromatic carbocycles. The molecule has 4 heteroatoms. The third-order valence-corrected chi connectivity index (χ3v) is 9.02. The highest BCUT2D eigenvalue weighted by molar-refractivity contribution is 14.1. The number of ether oxygens (including phenoxy) is 2. The molecule has 3 nitrogen and oxygen atoms in total. The first-order chi connectivity index (χ1) is 12.0. The molecule has 6 atom stereocenters. The van der Waals surface area contributed by atoms with Crippen molar-refractivity contribution in [3.8, 4) is 0 Å². The molecule has 2 saturated carbocycles. The predicted octanol–water partition coefficient (Wildman–Crippen LogP) is 5.92. The van der Waals surface area contributed by atoms with Gasteiger partial charge in [-0.1, -0.05) is 49.8 Å². The van der Waals surface area contributed by atoms with Crippen molar-refractivity contribution < 1.29 is 14.3 Å². The van der Waals surface area contributed by atoms with Crippen LogP contribution in [0.25, 0.3) is 0 Å². The highest BCUT2D eigenvalue weighted by Gasteiger charge is 2.60. The zero-order valence-electron chi connectivity index (χ0n) is 17.5. The average molecular weight is 476 g/mol. The maximum atomic E-state index is 11.9. The molecule has 0 amide bonds. The summed E-state index contributed by atoms with van der Waals surface area (Å²) >= 11 is 2.42. The number of alkyl halides is 1. The van der Waals surface area contributed by atoms with Crippen molar-refractivity contribution in [3.05, 3.63) is 0 Å². The van der Waals surface area contributed by atoms with Crippen LogP contribution in [0.2, 0.25) is 0 Å². The maximum Gasteiger partial charge on any atom is 0.303 e. The minimum atomic E-state index is -0.338. The molecule has 26 heavy (non-hydrogen) atoms. The first kappa shape index (κ1) is 20.9. The number of fused-ring (bicyclic) bond motifs is 1. The molecule has 2 aliphatic carbocycles. The highest BCUT2D eigenvalue weighted by Crippen LogP contribution is 2.64. The largest absolute Gasteiger partial charge is 0.459 e. The van der Waals surface area contributed by atoms with E-state index in [4.69, 9.17) is 9.47 Å². The van der Waals surface area contributed by atoms with Crippen molar-refractivity contribution in [1.82, 2.24) is 0 Å². The summed E-state index contributed by atoms with van der Waals surface area (Å²) < 4.78 is 13.1. The lowest BCUT2D eigenvalue weighted by Crippen LogP contribution is -2.58. The Morgan fingerprint density at radius 3 is 2.42 bits per heavy atom. The van der Waals surface area contributed by atoms with Crippen LogP contribution < -0.4 is 0 Å². The molecular weight excluding hydrogens is 439 g/mol. The van der Waals surface area contributed by atoms with E-state index in [1.807, 2.05) is 0 Å². The van der Waals surface area contributed by atoms with Crippen LogP contribution in [0, 0.1) is 22.7 Å². The van der Waals surface area contributed by atoms with Crippen LogP contribution in [-0.2, 0) is 14.3 Å². The lowest BCUT2D eigenvalue weighted by molar-refractivity contribution is -0.199. The number of carbonyl (C=O) groups is 1. The van der Waals surface area contributed by atoms with E-state index in [0.717, 1.165) is 23.7 Å². The Bertz CT molecular complexity index is 562. The molecule has 1 heterocycles. The van der Waals surface area contributed by atoms with E-state index in [1.54, 1.807) is 6.92 Å². The summed E-state index contributed by atoms with van der Waals surface area (Å²) in [6.45, 7) is 13.4. The number of hydrogen-bond acceptors (Lipinski definition) is 3. The molecule has 3 rings (SSSR count). The second-order valence-corrected chi connectivity index (χ2v) is 11.4. The molecule has 0 spiro atoms. The topological polar surface area (TPSA) is 38.8 Å². The van der Waals surface area contributed by atoms with E-state index in [-0.39, 0.29) is 22.6 Å². The smallest absolute Gasteiger partial charge is 0.303 e. The van der Waals surface area contributed by atoms with E-state index >= 15 is 0 Å². The van der Waals surface area contributed by atoms with Crippen LogP contribution in [0.4, 0.5) is 0 Å². The first-order valence-corrected chi connectivity index (χ1v) is 11.9. The van der Waals surface area contributed by atoms with Gasteiger partial charge in [-0.25, -0.2) is 0 Å². The Morgan fingerprint density at radius 2 is 1.85 bits per heavy atom. The summed E-state index contributed by atoms with van der Waals surface area (Å²) in [6, 6.07) is 0. The standard InChI is InChI=1S/C22H37IO3/c1-15(24)25-21(5)12-8-16-19(2,3)10-7-11-20(16,4)17(21)9-13-22(6)18(14-23)26-22/h16-18H,7-14H2,1-6H3. The Morgan fingerprint density at radius 1 is 1.15 bits per heavy atom. The van der Waals surface area contributed by atoms with Gasteiger partial charge in [-0.15, -0.1) is 0 Å². The minimum absolute atomic E-state index is 0.0335. The Kier molecular flexibility index (Phi) is 5.54. The number of halogens is 1. The predicted molar refractivity (Wildman–Crippen MR) is 114 cm³/mol. The number of hydrogen-bond donors (Lipinski definition) is 0. The monoisotopic (exact) mass is 476 g/mol. The molecule has 0 radical (unpaired) electrons. The van der Waals surface area contributed by atoms with Gasteiger partial charge in [0.05, 0.1) is 11.7 Å². The Labute approximate surface area is 173 Å². The molecule has 0 N–H and O–H groups in total. The fourth-order valence-electron chi connectivity index (χ4n) is 6.83. The van der Waals surface area contributed by atoms with Crippen LogP contribution in [0.15, 0.2) is 0 Å². The normalized spacial score (nSPS) is 47.1. The minimum Gasteiger partial charge on any atom is -0.459 e. The first-order valence-electron chi connectivity index (χ1n) is 10.4. The summed E-state index contributed by atoms with van der Waals surface area (Å²) in [5.74, 6) is 0.993.